The number of amides is 1. The number of nitrogens with one attached hydrogen (secondary N) is 1. The molecule has 29 heavy (non-hydrogen) atoms. The molecule has 1 N–H and O–H groups in total. The number of carbonyl (C=O) groups excluding carboxylic acids is 1. The Hall–Kier alpha value is -2.10. The summed E-state index contributed by atoms with van der Waals surface area (Å²) in [6.45, 7) is 3.11. The Labute approximate surface area is 171 Å². The Bertz CT molecular complexity index is 829. The molecule has 3 atom stereocenters. The first-order valence-electron chi connectivity index (χ1n) is 9.87. The minimum atomic E-state index is -4.36. The van der Waals surface area contributed by atoms with E-state index in [4.69, 9.17) is 0 Å². The number of halogens is 3. The molecule has 1 amide bonds. The van der Waals surface area contributed by atoms with Crippen LogP contribution in [0.1, 0.15) is 37.1 Å². The summed E-state index contributed by atoms with van der Waals surface area (Å²) in [7, 11) is 0. The predicted molar refractivity (Wildman–Crippen MR) is 104 cm³/mol. The second-order valence-electron chi connectivity index (χ2n) is 7.92. The topological polar surface area (TPSA) is 63.1 Å². The van der Waals surface area contributed by atoms with Gasteiger partial charge in [-0.25, -0.2) is 4.68 Å². The van der Waals surface area contributed by atoms with Crippen LogP contribution in [0.3, 0.4) is 0 Å². The zero-order chi connectivity index (χ0) is 20.6. The van der Waals surface area contributed by atoms with Crippen molar-refractivity contribution >= 4 is 23.2 Å². The van der Waals surface area contributed by atoms with Gasteiger partial charge in [-0.15, -0.1) is 11.3 Å². The smallest absolute Gasteiger partial charge is 0.351 e. The third-order valence-electron chi connectivity index (χ3n) is 5.97. The number of aromatic nitrogens is 3. The molecule has 0 saturated carbocycles. The van der Waals surface area contributed by atoms with Crippen LogP contribution in [0.4, 0.5) is 19.1 Å². The van der Waals surface area contributed by atoms with Crippen LogP contribution in [0.25, 0.3) is 0 Å². The van der Waals surface area contributed by atoms with E-state index in [0.717, 1.165) is 17.4 Å². The first-order valence-corrected chi connectivity index (χ1v) is 10.7. The molecular weight excluding hydrogens is 403 g/mol. The number of anilines is 1. The minimum absolute atomic E-state index is 0.0622. The molecule has 2 aliphatic rings. The molecule has 158 valence electrons. The van der Waals surface area contributed by atoms with Gasteiger partial charge >= 0.3 is 6.18 Å². The highest BCUT2D eigenvalue weighted by Crippen LogP contribution is 2.41. The fourth-order valence-corrected chi connectivity index (χ4v) is 5.22. The molecule has 1 fully saturated rings. The average Bonchev–Trinajstić information content (AvgIpc) is 3.37. The van der Waals surface area contributed by atoms with Crippen molar-refractivity contribution in [2.75, 3.05) is 18.4 Å². The number of likely N-dealkylation sites (tertiary alicyclic amines) is 1. The van der Waals surface area contributed by atoms with Crippen LogP contribution in [0.2, 0.25) is 0 Å². The van der Waals surface area contributed by atoms with Crippen molar-refractivity contribution in [1.82, 2.24) is 19.7 Å². The molecular formula is C19H24F3N5OS. The quantitative estimate of drug-likeness (QED) is 0.807. The number of fused-ring (bicyclic) bond motifs is 1. The molecule has 6 nitrogen and oxygen atoms in total. The number of carbonyl (C=O) groups is 1. The molecule has 4 rings (SSSR count). The lowest BCUT2D eigenvalue weighted by Crippen LogP contribution is -2.48. The number of hydrogen-bond donors (Lipinski definition) is 1. The summed E-state index contributed by atoms with van der Waals surface area (Å²) in [4.78, 5) is 19.8. The SMILES string of the molecule is C[C@@H](Cc1cccs1)C(=O)N1CCC([C@@H]2C[C@H](C(F)(F)F)n3ncnc3N2)CC1. The molecule has 2 aliphatic heterocycles. The maximum Gasteiger partial charge on any atom is 0.411 e. The summed E-state index contributed by atoms with van der Waals surface area (Å²) in [5, 5.41) is 8.88. The Morgan fingerprint density at radius 1 is 1.38 bits per heavy atom. The molecule has 0 radical (unpaired) electrons. The van der Waals surface area contributed by atoms with Crippen LogP contribution >= 0.6 is 11.3 Å². The molecule has 0 bridgehead atoms. The number of alkyl halides is 3. The molecule has 0 aromatic carbocycles. The molecule has 1 saturated heterocycles. The van der Waals surface area contributed by atoms with Crippen LogP contribution in [0, 0.1) is 11.8 Å². The van der Waals surface area contributed by atoms with E-state index in [0.29, 0.717) is 25.9 Å². The van der Waals surface area contributed by atoms with E-state index in [9.17, 15) is 18.0 Å². The molecule has 0 spiro atoms. The van der Waals surface area contributed by atoms with Crippen LogP contribution < -0.4 is 5.32 Å². The number of hydrogen-bond acceptors (Lipinski definition) is 5. The maximum absolute atomic E-state index is 13.5. The summed E-state index contributed by atoms with van der Waals surface area (Å²) in [6.07, 6.45) is -1.17. The number of thiophene rings is 1. The predicted octanol–water partition coefficient (Wildman–Crippen LogP) is 3.74. The highest BCUT2D eigenvalue weighted by molar-refractivity contribution is 7.09. The van der Waals surface area contributed by atoms with E-state index in [-0.39, 0.29) is 36.2 Å². The number of piperidine rings is 1. The molecule has 2 aromatic heterocycles. The van der Waals surface area contributed by atoms with Crippen molar-refractivity contribution in [3.63, 3.8) is 0 Å². The zero-order valence-electron chi connectivity index (χ0n) is 16.1. The van der Waals surface area contributed by atoms with Gasteiger partial charge in [-0.3, -0.25) is 4.79 Å². The fraction of sp³-hybridized carbons (Fsp3) is 0.632. The first kappa shape index (κ1) is 20.2. The maximum atomic E-state index is 13.5. The standard InChI is InChI=1S/C19H24F3N5OS/c1-12(9-14-3-2-8-29-14)17(28)26-6-4-13(5-7-26)15-10-16(19(20,21)22)27-18(25-15)23-11-24-27/h2-3,8,11-13,15-16H,4-7,9-10H2,1H3,(H,23,24,25)/t12-,15-,16+/m0/s1. The van der Waals surface area contributed by atoms with Gasteiger partial charge in [0, 0.05) is 29.9 Å². The summed E-state index contributed by atoms with van der Waals surface area (Å²) in [5.74, 6) is 0.279. The van der Waals surface area contributed by atoms with Crippen molar-refractivity contribution < 1.29 is 18.0 Å². The molecule has 0 aliphatic carbocycles. The minimum Gasteiger partial charge on any atom is -0.351 e. The Morgan fingerprint density at radius 3 is 2.79 bits per heavy atom. The average molecular weight is 427 g/mol. The van der Waals surface area contributed by atoms with E-state index in [1.807, 2.05) is 29.3 Å². The zero-order valence-corrected chi connectivity index (χ0v) is 16.9. The number of nitrogens with zero attached hydrogens (tertiary/aromatic N) is 4. The van der Waals surface area contributed by atoms with Gasteiger partial charge in [0.25, 0.3) is 0 Å². The summed E-state index contributed by atoms with van der Waals surface area (Å²) in [5.41, 5.74) is 0. The lowest BCUT2D eigenvalue weighted by molar-refractivity contribution is -0.174. The van der Waals surface area contributed by atoms with Crippen LogP contribution in [0.15, 0.2) is 23.8 Å². The highest BCUT2D eigenvalue weighted by atomic mass is 32.1. The van der Waals surface area contributed by atoms with E-state index in [2.05, 4.69) is 15.4 Å². The van der Waals surface area contributed by atoms with Gasteiger partial charge in [0.1, 0.15) is 6.33 Å². The summed E-state index contributed by atoms with van der Waals surface area (Å²) >= 11 is 1.65. The van der Waals surface area contributed by atoms with Crippen molar-refractivity contribution in [3.8, 4) is 0 Å². The molecule has 0 unspecified atom stereocenters. The summed E-state index contributed by atoms with van der Waals surface area (Å²) < 4.78 is 41.4. The van der Waals surface area contributed by atoms with Gasteiger partial charge in [-0.2, -0.15) is 23.3 Å². The van der Waals surface area contributed by atoms with Crippen LogP contribution in [0.5, 0.6) is 0 Å². The second kappa shape index (κ2) is 7.97. The third-order valence-corrected chi connectivity index (χ3v) is 6.87. The highest BCUT2D eigenvalue weighted by Gasteiger charge is 2.48. The van der Waals surface area contributed by atoms with Crippen molar-refractivity contribution in [3.05, 3.63) is 28.7 Å². The first-order chi connectivity index (χ1) is 13.8. The van der Waals surface area contributed by atoms with E-state index < -0.39 is 12.2 Å². The monoisotopic (exact) mass is 427 g/mol. The van der Waals surface area contributed by atoms with Gasteiger partial charge < -0.3 is 10.2 Å². The fourth-order valence-electron chi connectivity index (χ4n) is 4.38. The van der Waals surface area contributed by atoms with Gasteiger partial charge in [0.15, 0.2) is 6.04 Å². The van der Waals surface area contributed by atoms with Gasteiger partial charge in [-0.05, 0) is 43.0 Å². The summed E-state index contributed by atoms with van der Waals surface area (Å²) in [6, 6.07) is 2.04. The van der Waals surface area contributed by atoms with Crippen molar-refractivity contribution in [2.24, 2.45) is 11.8 Å². The lowest BCUT2D eigenvalue weighted by atomic mass is 9.84. The Kier molecular flexibility index (Phi) is 5.54. The van der Waals surface area contributed by atoms with Crippen LogP contribution in [-0.2, 0) is 11.2 Å². The lowest BCUT2D eigenvalue weighted by Gasteiger charge is -2.40. The van der Waals surface area contributed by atoms with Crippen molar-refractivity contribution in [2.45, 2.75) is 50.9 Å². The van der Waals surface area contributed by atoms with E-state index in [1.165, 1.54) is 4.88 Å². The van der Waals surface area contributed by atoms with Gasteiger partial charge in [-0.1, -0.05) is 13.0 Å². The van der Waals surface area contributed by atoms with E-state index in [1.54, 1.807) is 11.3 Å². The van der Waals surface area contributed by atoms with Gasteiger partial charge in [0.2, 0.25) is 11.9 Å². The second-order valence-corrected chi connectivity index (χ2v) is 8.95. The Balaban J connectivity index is 1.35. The molecule has 4 heterocycles. The van der Waals surface area contributed by atoms with Crippen molar-refractivity contribution in [1.29, 1.82) is 0 Å². The van der Waals surface area contributed by atoms with Crippen LogP contribution in [-0.4, -0.2) is 50.9 Å². The number of rotatable bonds is 4. The molecule has 2 aromatic rings. The Morgan fingerprint density at radius 2 is 2.14 bits per heavy atom. The van der Waals surface area contributed by atoms with Gasteiger partial charge in [0.05, 0.1) is 0 Å². The normalized spacial score (nSPS) is 24.1. The third kappa shape index (κ3) is 4.26. The van der Waals surface area contributed by atoms with E-state index >= 15 is 0 Å². The molecule has 10 heteroatoms. The largest absolute Gasteiger partial charge is 0.411 e.